The fraction of sp³-hybridized carbons (Fsp3) is 0.444. The van der Waals surface area contributed by atoms with E-state index in [9.17, 15) is 13.2 Å². The first-order valence-corrected chi connectivity index (χ1v) is 11.3. The number of hydrogen-bond donors (Lipinski definition) is 1. The predicted octanol–water partition coefficient (Wildman–Crippen LogP) is 2.86. The van der Waals surface area contributed by atoms with Gasteiger partial charge in [0, 0.05) is 18.8 Å². The molecule has 0 radical (unpaired) electrons. The first kappa shape index (κ1) is 17.5. The largest absolute Gasteiger partial charge is 0.375 e. The van der Waals surface area contributed by atoms with Crippen molar-refractivity contribution in [3.63, 3.8) is 0 Å². The normalized spacial score (nSPS) is 18.3. The lowest BCUT2D eigenvalue weighted by molar-refractivity contribution is 0.0694. The molecule has 8 heteroatoms. The van der Waals surface area contributed by atoms with Crippen molar-refractivity contribution >= 4 is 32.2 Å². The molecule has 4 rings (SSSR count). The third-order valence-electron chi connectivity index (χ3n) is 5.27. The molecule has 26 heavy (non-hydrogen) atoms. The van der Waals surface area contributed by atoms with Gasteiger partial charge in [0.05, 0.1) is 21.0 Å². The number of aromatic nitrogens is 1. The Morgan fingerprint density at radius 2 is 2.04 bits per heavy atom. The number of nitrogen functional groups attached to an aromatic ring is 1. The maximum atomic E-state index is 13.0. The van der Waals surface area contributed by atoms with Crippen LogP contribution in [0.2, 0.25) is 0 Å². The van der Waals surface area contributed by atoms with Crippen LogP contribution >= 0.6 is 11.3 Å². The number of aryl methyl sites for hydroxylation is 1. The van der Waals surface area contributed by atoms with E-state index in [0.29, 0.717) is 23.2 Å². The number of carbonyl (C=O) groups is 1. The first-order valence-electron chi connectivity index (χ1n) is 8.58. The molecular weight excluding hydrogens is 370 g/mol. The van der Waals surface area contributed by atoms with E-state index >= 15 is 0 Å². The predicted molar refractivity (Wildman–Crippen MR) is 102 cm³/mol. The standard InChI is InChI=1S/C18H21N3O3S2/c1-9-16(25-18(19)20-9)12-6-13-8-21(10(2)11-4-5-11)17(22)15(13)14(7-12)26(3,23)24/h6-7,10-11H,4-5,8H2,1-3H3,(H2,19,20). The van der Waals surface area contributed by atoms with Gasteiger partial charge in [-0.15, -0.1) is 0 Å². The van der Waals surface area contributed by atoms with Gasteiger partial charge in [-0.3, -0.25) is 4.79 Å². The summed E-state index contributed by atoms with van der Waals surface area (Å²) < 4.78 is 24.9. The fourth-order valence-corrected chi connectivity index (χ4v) is 5.46. The van der Waals surface area contributed by atoms with Gasteiger partial charge < -0.3 is 10.6 Å². The van der Waals surface area contributed by atoms with Gasteiger partial charge in [0.25, 0.3) is 5.91 Å². The zero-order valence-electron chi connectivity index (χ0n) is 14.9. The number of anilines is 1. The lowest BCUT2D eigenvalue weighted by Crippen LogP contribution is -2.35. The molecule has 1 aromatic heterocycles. The number of fused-ring (bicyclic) bond motifs is 1. The molecule has 2 aliphatic rings. The van der Waals surface area contributed by atoms with E-state index in [-0.39, 0.29) is 16.8 Å². The molecule has 0 spiro atoms. The van der Waals surface area contributed by atoms with E-state index in [4.69, 9.17) is 5.73 Å². The van der Waals surface area contributed by atoms with E-state index in [0.717, 1.165) is 40.8 Å². The second-order valence-corrected chi connectivity index (χ2v) is 10.3. The smallest absolute Gasteiger partial charge is 0.256 e. The highest BCUT2D eigenvalue weighted by atomic mass is 32.2. The lowest BCUT2D eigenvalue weighted by Gasteiger charge is -2.24. The van der Waals surface area contributed by atoms with Gasteiger partial charge in [-0.2, -0.15) is 0 Å². The molecule has 1 atom stereocenters. The highest BCUT2D eigenvalue weighted by molar-refractivity contribution is 7.90. The van der Waals surface area contributed by atoms with E-state index in [1.54, 1.807) is 6.07 Å². The highest BCUT2D eigenvalue weighted by Gasteiger charge is 2.40. The number of thiazole rings is 1. The minimum absolute atomic E-state index is 0.104. The van der Waals surface area contributed by atoms with Crippen molar-refractivity contribution in [3.05, 3.63) is 29.0 Å². The molecule has 2 N–H and O–H groups in total. The third-order valence-corrected chi connectivity index (χ3v) is 7.43. The van der Waals surface area contributed by atoms with Gasteiger partial charge in [0.15, 0.2) is 15.0 Å². The number of amides is 1. The van der Waals surface area contributed by atoms with Gasteiger partial charge >= 0.3 is 0 Å². The van der Waals surface area contributed by atoms with Crippen LogP contribution in [0, 0.1) is 12.8 Å². The molecule has 0 saturated heterocycles. The van der Waals surface area contributed by atoms with Gasteiger partial charge in [0.1, 0.15) is 0 Å². The molecule has 138 valence electrons. The Hall–Kier alpha value is -1.93. The van der Waals surface area contributed by atoms with Crippen molar-refractivity contribution in [1.29, 1.82) is 0 Å². The molecule has 0 bridgehead atoms. The lowest BCUT2D eigenvalue weighted by atomic mass is 10.0. The molecule has 6 nitrogen and oxygen atoms in total. The number of benzene rings is 1. The second kappa shape index (κ2) is 5.79. The van der Waals surface area contributed by atoms with Crippen molar-refractivity contribution in [2.75, 3.05) is 12.0 Å². The quantitative estimate of drug-likeness (QED) is 0.865. The molecule has 1 saturated carbocycles. The summed E-state index contributed by atoms with van der Waals surface area (Å²) in [6, 6.07) is 3.64. The fourth-order valence-electron chi connectivity index (χ4n) is 3.71. The zero-order chi connectivity index (χ0) is 18.8. The number of hydrogen-bond acceptors (Lipinski definition) is 6. The van der Waals surface area contributed by atoms with Crippen LogP contribution in [0.5, 0.6) is 0 Å². The summed E-state index contributed by atoms with van der Waals surface area (Å²) in [5.74, 6) is 0.352. The van der Waals surface area contributed by atoms with Crippen molar-refractivity contribution in [2.24, 2.45) is 5.92 Å². The van der Waals surface area contributed by atoms with Crippen LogP contribution in [-0.2, 0) is 16.4 Å². The minimum Gasteiger partial charge on any atom is -0.375 e. The maximum Gasteiger partial charge on any atom is 0.256 e. The summed E-state index contributed by atoms with van der Waals surface area (Å²) in [5, 5.41) is 0.443. The Bertz CT molecular complexity index is 1020. The number of carbonyl (C=O) groups excluding carboxylic acids is 1. The average molecular weight is 392 g/mol. The first-order chi connectivity index (χ1) is 12.2. The maximum absolute atomic E-state index is 13.0. The number of nitrogens with zero attached hydrogens (tertiary/aromatic N) is 2. The summed E-state index contributed by atoms with van der Waals surface area (Å²) in [7, 11) is -3.55. The monoisotopic (exact) mass is 391 g/mol. The summed E-state index contributed by atoms with van der Waals surface area (Å²) in [4.78, 5) is 20.0. The van der Waals surface area contributed by atoms with Gasteiger partial charge in [-0.25, -0.2) is 13.4 Å². The molecule has 1 aromatic carbocycles. The van der Waals surface area contributed by atoms with Crippen LogP contribution in [-0.4, -0.2) is 36.5 Å². The van der Waals surface area contributed by atoms with E-state index in [1.165, 1.54) is 11.3 Å². The van der Waals surface area contributed by atoms with Crippen LogP contribution in [0.4, 0.5) is 5.13 Å². The molecule has 1 fully saturated rings. The van der Waals surface area contributed by atoms with Crippen molar-refractivity contribution in [3.8, 4) is 10.4 Å². The van der Waals surface area contributed by atoms with Crippen LogP contribution in [0.15, 0.2) is 17.0 Å². The van der Waals surface area contributed by atoms with Crippen molar-refractivity contribution in [2.45, 2.75) is 44.2 Å². The summed E-state index contributed by atoms with van der Waals surface area (Å²) in [6.45, 7) is 4.36. The Balaban J connectivity index is 1.87. The number of rotatable bonds is 4. The molecule has 1 aliphatic carbocycles. The van der Waals surface area contributed by atoms with Gasteiger partial charge in [-0.05, 0) is 55.9 Å². The number of nitrogens with two attached hydrogens (primary N) is 1. The highest BCUT2D eigenvalue weighted by Crippen LogP contribution is 2.41. The SMILES string of the molecule is Cc1nc(N)sc1-c1cc2c(c(S(C)(=O)=O)c1)C(=O)N(C(C)C1CC1)C2. The average Bonchev–Trinajstić information content (AvgIpc) is 3.27. The van der Waals surface area contributed by atoms with Crippen LogP contribution in [0.25, 0.3) is 10.4 Å². The number of sulfone groups is 1. The topological polar surface area (TPSA) is 93.4 Å². The Kier molecular flexibility index (Phi) is 3.89. The minimum atomic E-state index is -3.55. The van der Waals surface area contributed by atoms with Gasteiger partial charge in [-0.1, -0.05) is 11.3 Å². The van der Waals surface area contributed by atoms with Gasteiger partial charge in [0.2, 0.25) is 0 Å². The van der Waals surface area contributed by atoms with Crippen molar-refractivity contribution in [1.82, 2.24) is 9.88 Å². The van der Waals surface area contributed by atoms with E-state index in [2.05, 4.69) is 11.9 Å². The molecule has 2 aromatic rings. The summed E-state index contributed by atoms with van der Waals surface area (Å²) in [6.07, 6.45) is 3.41. The van der Waals surface area contributed by atoms with Crippen LogP contribution < -0.4 is 5.73 Å². The summed E-state index contributed by atoms with van der Waals surface area (Å²) >= 11 is 1.33. The van der Waals surface area contributed by atoms with Crippen LogP contribution in [0.3, 0.4) is 0 Å². The Morgan fingerprint density at radius 1 is 1.35 bits per heavy atom. The molecule has 2 heterocycles. The van der Waals surface area contributed by atoms with E-state index < -0.39 is 9.84 Å². The third kappa shape index (κ3) is 2.81. The molecule has 1 aliphatic heterocycles. The molecule has 1 amide bonds. The van der Waals surface area contributed by atoms with E-state index in [1.807, 2.05) is 17.9 Å². The molecular formula is C18H21N3O3S2. The molecule has 1 unspecified atom stereocenters. The Morgan fingerprint density at radius 3 is 2.58 bits per heavy atom. The Labute approximate surface area is 157 Å². The van der Waals surface area contributed by atoms with Crippen molar-refractivity contribution < 1.29 is 13.2 Å². The summed E-state index contributed by atoms with van der Waals surface area (Å²) in [5.41, 5.74) is 8.42. The zero-order valence-corrected chi connectivity index (χ0v) is 16.6. The second-order valence-electron chi connectivity index (χ2n) is 7.26. The van der Waals surface area contributed by atoms with Crippen LogP contribution in [0.1, 0.15) is 41.4 Å².